The molecule has 2 aliphatic heterocycles. The number of hydrogen-bond donors (Lipinski definition) is 2. The van der Waals surface area contributed by atoms with E-state index in [9.17, 15) is 4.79 Å². The molecule has 1 amide bonds. The number of carbonyl (C=O) groups excluding carboxylic acids is 1. The Kier molecular flexibility index (Phi) is 3.82. The second-order valence-electron chi connectivity index (χ2n) is 5.76. The molecule has 1 aromatic carbocycles. The van der Waals surface area contributed by atoms with Crippen LogP contribution in [0.15, 0.2) is 18.2 Å². The third kappa shape index (κ3) is 2.49. The van der Waals surface area contributed by atoms with E-state index in [1.165, 1.54) is 0 Å². The van der Waals surface area contributed by atoms with E-state index < -0.39 is 0 Å². The number of benzene rings is 1. The van der Waals surface area contributed by atoms with Gasteiger partial charge in [-0.25, -0.2) is 0 Å². The molecule has 0 bridgehead atoms. The Bertz CT molecular complexity index is 658. The summed E-state index contributed by atoms with van der Waals surface area (Å²) in [6, 6.07) is 5.54. The summed E-state index contributed by atoms with van der Waals surface area (Å²) in [6.07, 6.45) is 1.11. The molecule has 0 radical (unpaired) electrons. The molecule has 4 rings (SSSR count). The normalized spacial score (nSPS) is 24.7. The third-order valence-corrected chi connectivity index (χ3v) is 4.56. The molecule has 2 aliphatic rings. The van der Waals surface area contributed by atoms with Crippen molar-refractivity contribution in [2.24, 2.45) is 11.8 Å². The van der Waals surface area contributed by atoms with Gasteiger partial charge in [-0.3, -0.25) is 9.89 Å². The second kappa shape index (κ2) is 5.61. The number of fused-ring (bicyclic) bond motifs is 2. The standard InChI is InChI=1S/C14H17N5O.ClH/c20-14(9-1-2-12-13(5-9)17-18-16-12)19-4-3-10-6-15-7-11(10)8-19;/h1-2,5,10-11,15H,3-4,6-8H2,(H,16,17,18);1H/t10-,11+;/m1./s1. The third-order valence-electron chi connectivity index (χ3n) is 4.56. The molecule has 6 nitrogen and oxygen atoms in total. The lowest BCUT2D eigenvalue weighted by Crippen LogP contribution is -2.43. The fraction of sp³-hybridized carbons (Fsp3) is 0.500. The van der Waals surface area contributed by atoms with Crippen LogP contribution in [0.3, 0.4) is 0 Å². The largest absolute Gasteiger partial charge is 0.338 e. The number of rotatable bonds is 1. The Morgan fingerprint density at radius 2 is 2.14 bits per heavy atom. The maximum Gasteiger partial charge on any atom is 0.253 e. The van der Waals surface area contributed by atoms with Gasteiger partial charge in [0.2, 0.25) is 0 Å². The zero-order valence-electron chi connectivity index (χ0n) is 11.6. The van der Waals surface area contributed by atoms with Crippen LogP contribution in [0.2, 0.25) is 0 Å². The van der Waals surface area contributed by atoms with Crippen molar-refractivity contribution in [3.63, 3.8) is 0 Å². The van der Waals surface area contributed by atoms with Gasteiger partial charge in [-0.15, -0.1) is 17.5 Å². The van der Waals surface area contributed by atoms with Crippen LogP contribution >= 0.6 is 12.4 Å². The highest BCUT2D eigenvalue weighted by molar-refractivity contribution is 5.97. The molecule has 3 heterocycles. The minimum Gasteiger partial charge on any atom is -0.338 e. The molecule has 0 saturated carbocycles. The molecular formula is C14H18ClN5O. The van der Waals surface area contributed by atoms with Gasteiger partial charge in [0.25, 0.3) is 5.91 Å². The highest BCUT2D eigenvalue weighted by Crippen LogP contribution is 2.27. The van der Waals surface area contributed by atoms with E-state index in [-0.39, 0.29) is 18.3 Å². The van der Waals surface area contributed by atoms with Crippen molar-refractivity contribution in [3.8, 4) is 0 Å². The number of nitrogens with one attached hydrogen (secondary N) is 2. The van der Waals surface area contributed by atoms with Crippen molar-refractivity contribution in [1.82, 2.24) is 25.6 Å². The number of halogens is 1. The molecule has 2 fully saturated rings. The average molecular weight is 308 g/mol. The van der Waals surface area contributed by atoms with Gasteiger partial charge in [0.05, 0.1) is 5.52 Å². The van der Waals surface area contributed by atoms with E-state index in [2.05, 4.69) is 20.7 Å². The van der Waals surface area contributed by atoms with Crippen LogP contribution in [0.25, 0.3) is 11.0 Å². The van der Waals surface area contributed by atoms with Crippen molar-refractivity contribution < 1.29 is 4.79 Å². The van der Waals surface area contributed by atoms with Crippen molar-refractivity contribution in [3.05, 3.63) is 23.8 Å². The molecule has 2 saturated heterocycles. The Labute approximate surface area is 128 Å². The average Bonchev–Trinajstić information content (AvgIpc) is 3.13. The number of carbonyl (C=O) groups is 1. The lowest BCUT2D eigenvalue weighted by molar-refractivity contribution is 0.0642. The van der Waals surface area contributed by atoms with Crippen LogP contribution in [0.4, 0.5) is 0 Å². The van der Waals surface area contributed by atoms with Crippen molar-refractivity contribution >= 4 is 29.3 Å². The van der Waals surface area contributed by atoms with E-state index in [0.29, 0.717) is 11.5 Å². The summed E-state index contributed by atoms with van der Waals surface area (Å²) in [6.45, 7) is 3.88. The molecule has 0 spiro atoms. The van der Waals surface area contributed by atoms with Gasteiger partial charge < -0.3 is 10.2 Å². The first-order valence-corrected chi connectivity index (χ1v) is 7.12. The van der Waals surface area contributed by atoms with Gasteiger partial charge in [0.15, 0.2) is 0 Å². The molecule has 0 unspecified atom stereocenters. The highest BCUT2D eigenvalue weighted by atomic mass is 35.5. The number of aromatic nitrogens is 3. The molecule has 2 N–H and O–H groups in total. The van der Waals surface area contributed by atoms with Crippen molar-refractivity contribution in [2.75, 3.05) is 26.2 Å². The molecule has 21 heavy (non-hydrogen) atoms. The lowest BCUT2D eigenvalue weighted by Gasteiger charge is -2.34. The zero-order valence-corrected chi connectivity index (χ0v) is 12.4. The minimum absolute atomic E-state index is 0. The quantitative estimate of drug-likeness (QED) is 0.826. The van der Waals surface area contributed by atoms with Crippen LogP contribution in [-0.4, -0.2) is 52.4 Å². The van der Waals surface area contributed by atoms with E-state index in [1.54, 1.807) is 0 Å². The number of piperidine rings is 1. The zero-order chi connectivity index (χ0) is 13.5. The topological polar surface area (TPSA) is 73.9 Å². The van der Waals surface area contributed by atoms with Crippen molar-refractivity contribution in [1.29, 1.82) is 0 Å². The van der Waals surface area contributed by atoms with Gasteiger partial charge in [-0.2, -0.15) is 0 Å². The van der Waals surface area contributed by atoms with Crippen LogP contribution < -0.4 is 5.32 Å². The fourth-order valence-corrected chi connectivity index (χ4v) is 3.38. The number of likely N-dealkylation sites (tertiary alicyclic amines) is 1. The maximum atomic E-state index is 12.6. The Morgan fingerprint density at radius 1 is 1.29 bits per heavy atom. The molecule has 7 heteroatoms. The lowest BCUT2D eigenvalue weighted by atomic mass is 9.88. The maximum absolute atomic E-state index is 12.6. The van der Waals surface area contributed by atoms with E-state index in [4.69, 9.17) is 0 Å². The monoisotopic (exact) mass is 307 g/mol. The summed E-state index contributed by atoms with van der Waals surface area (Å²) in [7, 11) is 0. The molecule has 0 aliphatic carbocycles. The summed E-state index contributed by atoms with van der Waals surface area (Å²) < 4.78 is 0. The first-order valence-electron chi connectivity index (χ1n) is 7.12. The first kappa shape index (κ1) is 14.3. The summed E-state index contributed by atoms with van der Waals surface area (Å²) in [5.41, 5.74) is 2.31. The smallest absolute Gasteiger partial charge is 0.253 e. The van der Waals surface area contributed by atoms with Crippen LogP contribution in [-0.2, 0) is 0 Å². The highest BCUT2D eigenvalue weighted by Gasteiger charge is 2.34. The summed E-state index contributed by atoms with van der Waals surface area (Å²) in [5, 5.41) is 13.9. The minimum atomic E-state index is 0. The predicted octanol–water partition coefficient (Wildman–Crippen LogP) is 1.06. The summed E-state index contributed by atoms with van der Waals surface area (Å²) in [5.74, 6) is 1.47. The van der Waals surface area contributed by atoms with Gasteiger partial charge >= 0.3 is 0 Å². The fourth-order valence-electron chi connectivity index (χ4n) is 3.38. The van der Waals surface area contributed by atoms with E-state index in [0.717, 1.165) is 49.6 Å². The van der Waals surface area contributed by atoms with Gasteiger partial charge in [0.1, 0.15) is 5.52 Å². The summed E-state index contributed by atoms with van der Waals surface area (Å²) in [4.78, 5) is 14.6. The second-order valence-corrected chi connectivity index (χ2v) is 5.76. The number of amides is 1. The predicted molar refractivity (Wildman–Crippen MR) is 81.5 cm³/mol. The van der Waals surface area contributed by atoms with E-state index >= 15 is 0 Å². The Morgan fingerprint density at radius 3 is 3.05 bits per heavy atom. The number of H-pyrrole nitrogens is 1. The van der Waals surface area contributed by atoms with Gasteiger partial charge in [0, 0.05) is 18.7 Å². The van der Waals surface area contributed by atoms with Gasteiger partial charge in [-0.1, -0.05) is 5.21 Å². The Balaban J connectivity index is 0.00000132. The molecular weight excluding hydrogens is 290 g/mol. The molecule has 2 aromatic rings. The Hall–Kier alpha value is -1.66. The number of nitrogens with zero attached hydrogens (tertiary/aromatic N) is 3. The molecule has 1 aromatic heterocycles. The molecule has 2 atom stereocenters. The van der Waals surface area contributed by atoms with Crippen molar-refractivity contribution in [2.45, 2.75) is 6.42 Å². The van der Waals surface area contributed by atoms with Crippen LogP contribution in [0.5, 0.6) is 0 Å². The SMILES string of the molecule is Cl.O=C(c1ccc2[nH]nnc2c1)N1CC[C@@H]2CNC[C@H]2C1. The molecule has 112 valence electrons. The van der Waals surface area contributed by atoms with Crippen LogP contribution in [0, 0.1) is 11.8 Å². The van der Waals surface area contributed by atoms with E-state index in [1.807, 2.05) is 23.1 Å². The number of hydrogen-bond acceptors (Lipinski definition) is 4. The number of aromatic amines is 1. The summed E-state index contributed by atoms with van der Waals surface area (Å²) >= 11 is 0. The van der Waals surface area contributed by atoms with Crippen LogP contribution in [0.1, 0.15) is 16.8 Å². The van der Waals surface area contributed by atoms with Gasteiger partial charge in [-0.05, 0) is 49.5 Å². The first-order chi connectivity index (χ1) is 9.81.